The van der Waals surface area contributed by atoms with E-state index in [0.29, 0.717) is 13.0 Å². The molecule has 5 aromatic rings. The van der Waals surface area contributed by atoms with Gasteiger partial charge >= 0.3 is 5.97 Å². The maximum absolute atomic E-state index is 11.9. The Bertz CT molecular complexity index is 1400. The third-order valence-electron chi connectivity index (χ3n) is 6.10. The van der Waals surface area contributed by atoms with Crippen LogP contribution in [0.25, 0.3) is 32.7 Å². The molecular formula is C26H25N3O2. The molecule has 0 radical (unpaired) electrons. The predicted molar refractivity (Wildman–Crippen MR) is 125 cm³/mol. The van der Waals surface area contributed by atoms with E-state index in [2.05, 4.69) is 64.3 Å². The lowest BCUT2D eigenvalue weighted by Crippen LogP contribution is -2.38. The first-order valence-electron chi connectivity index (χ1n) is 10.7. The van der Waals surface area contributed by atoms with Crippen molar-refractivity contribution in [1.82, 2.24) is 14.9 Å². The van der Waals surface area contributed by atoms with Gasteiger partial charge in [-0.05, 0) is 42.3 Å². The topological polar surface area (TPSA) is 70.0 Å². The molecule has 0 aliphatic heterocycles. The summed E-state index contributed by atoms with van der Waals surface area (Å²) in [5.74, 6) is -0.839. The van der Waals surface area contributed by atoms with Gasteiger partial charge in [0.15, 0.2) is 0 Å². The van der Waals surface area contributed by atoms with Crippen LogP contribution in [0.1, 0.15) is 18.1 Å². The van der Waals surface area contributed by atoms with E-state index in [-0.39, 0.29) is 0 Å². The Morgan fingerprint density at radius 2 is 1.74 bits per heavy atom. The molecule has 3 N–H and O–H groups in total. The first kappa shape index (κ1) is 19.4. The van der Waals surface area contributed by atoms with Crippen molar-refractivity contribution in [3.63, 3.8) is 0 Å². The fraction of sp³-hybridized carbons (Fsp3) is 0.192. The zero-order valence-electron chi connectivity index (χ0n) is 17.4. The van der Waals surface area contributed by atoms with Gasteiger partial charge in [-0.25, -0.2) is 0 Å². The molecule has 0 saturated heterocycles. The monoisotopic (exact) mass is 411 g/mol. The molecule has 156 valence electrons. The van der Waals surface area contributed by atoms with Crippen LogP contribution in [0.4, 0.5) is 0 Å². The van der Waals surface area contributed by atoms with E-state index in [0.717, 1.165) is 28.6 Å². The lowest BCUT2D eigenvalue weighted by atomic mass is 10.0. The number of rotatable bonds is 7. The van der Waals surface area contributed by atoms with Crippen LogP contribution in [0.2, 0.25) is 0 Å². The molecule has 0 fully saturated rings. The summed E-state index contributed by atoms with van der Waals surface area (Å²) in [5.41, 5.74) is 5.56. The fourth-order valence-corrected chi connectivity index (χ4v) is 4.56. The molecule has 1 atom stereocenters. The van der Waals surface area contributed by atoms with E-state index in [1.54, 1.807) is 0 Å². The number of hydrogen-bond donors (Lipinski definition) is 3. The van der Waals surface area contributed by atoms with Gasteiger partial charge in [-0.15, -0.1) is 0 Å². The Labute approximate surface area is 180 Å². The SMILES string of the molecule is CCn1c2ccccc2c2cc(CN[C@@H](Cc3c[nH]c4ccccc34)C(=O)O)ccc21. The highest BCUT2D eigenvalue weighted by Crippen LogP contribution is 2.29. The van der Waals surface area contributed by atoms with Crippen LogP contribution in [0.5, 0.6) is 0 Å². The number of fused-ring (bicyclic) bond motifs is 4. The zero-order valence-corrected chi connectivity index (χ0v) is 17.4. The zero-order chi connectivity index (χ0) is 21.4. The molecule has 0 amide bonds. The number of H-pyrrole nitrogens is 1. The number of aromatic nitrogens is 2. The number of nitrogens with zero attached hydrogens (tertiary/aromatic N) is 1. The molecule has 3 aromatic carbocycles. The highest BCUT2D eigenvalue weighted by Gasteiger charge is 2.19. The summed E-state index contributed by atoms with van der Waals surface area (Å²) in [6.45, 7) is 3.57. The second kappa shape index (κ2) is 7.93. The largest absolute Gasteiger partial charge is 0.480 e. The predicted octanol–water partition coefficient (Wildman–Crippen LogP) is 5.08. The number of carbonyl (C=O) groups is 1. The van der Waals surface area contributed by atoms with Crippen molar-refractivity contribution in [3.8, 4) is 0 Å². The van der Waals surface area contributed by atoms with E-state index in [4.69, 9.17) is 0 Å². The van der Waals surface area contributed by atoms with Crippen LogP contribution in [-0.4, -0.2) is 26.7 Å². The van der Waals surface area contributed by atoms with Crippen molar-refractivity contribution in [3.05, 3.63) is 84.1 Å². The van der Waals surface area contributed by atoms with E-state index in [1.807, 2.05) is 30.5 Å². The molecule has 0 aliphatic carbocycles. The van der Waals surface area contributed by atoms with Crippen LogP contribution in [0.15, 0.2) is 72.9 Å². The van der Waals surface area contributed by atoms with Gasteiger partial charge in [-0.2, -0.15) is 0 Å². The van der Waals surface area contributed by atoms with Crippen LogP contribution in [0.3, 0.4) is 0 Å². The van der Waals surface area contributed by atoms with Crippen molar-refractivity contribution in [2.24, 2.45) is 0 Å². The molecule has 0 saturated carbocycles. The van der Waals surface area contributed by atoms with Crippen molar-refractivity contribution in [2.45, 2.75) is 32.5 Å². The van der Waals surface area contributed by atoms with E-state index in [1.165, 1.54) is 21.8 Å². The van der Waals surface area contributed by atoms with E-state index in [9.17, 15) is 9.90 Å². The van der Waals surface area contributed by atoms with Crippen LogP contribution < -0.4 is 5.32 Å². The second-order valence-electron chi connectivity index (χ2n) is 7.95. The van der Waals surface area contributed by atoms with Gasteiger partial charge in [0.2, 0.25) is 0 Å². The first-order chi connectivity index (χ1) is 15.2. The number of hydrogen-bond acceptors (Lipinski definition) is 2. The van der Waals surface area contributed by atoms with Crippen LogP contribution >= 0.6 is 0 Å². The minimum absolute atomic E-state index is 0.427. The summed E-state index contributed by atoms with van der Waals surface area (Å²) < 4.78 is 2.32. The molecule has 5 rings (SSSR count). The number of para-hydroxylation sites is 2. The molecule has 2 aromatic heterocycles. The summed E-state index contributed by atoms with van der Waals surface area (Å²) in [7, 11) is 0. The molecule has 0 bridgehead atoms. The minimum atomic E-state index is -0.839. The minimum Gasteiger partial charge on any atom is -0.480 e. The molecule has 0 spiro atoms. The highest BCUT2D eigenvalue weighted by molar-refractivity contribution is 6.08. The first-order valence-corrected chi connectivity index (χ1v) is 10.7. The Morgan fingerprint density at radius 3 is 2.55 bits per heavy atom. The fourth-order valence-electron chi connectivity index (χ4n) is 4.56. The van der Waals surface area contributed by atoms with Gasteiger partial charge < -0.3 is 20.0 Å². The summed E-state index contributed by atoms with van der Waals surface area (Å²) in [5, 5.41) is 16.6. The van der Waals surface area contributed by atoms with E-state index >= 15 is 0 Å². The molecule has 0 aliphatic rings. The quantitative estimate of drug-likeness (QED) is 0.350. The van der Waals surface area contributed by atoms with Gasteiger partial charge in [0.05, 0.1) is 0 Å². The number of carboxylic acid groups (broad SMARTS) is 1. The Morgan fingerprint density at radius 1 is 1.00 bits per heavy atom. The van der Waals surface area contributed by atoms with Crippen molar-refractivity contribution < 1.29 is 9.90 Å². The smallest absolute Gasteiger partial charge is 0.321 e. The lowest BCUT2D eigenvalue weighted by molar-refractivity contribution is -0.139. The number of aryl methyl sites for hydroxylation is 1. The van der Waals surface area contributed by atoms with Gasteiger partial charge in [0.25, 0.3) is 0 Å². The highest BCUT2D eigenvalue weighted by atomic mass is 16.4. The third-order valence-corrected chi connectivity index (χ3v) is 6.10. The lowest BCUT2D eigenvalue weighted by Gasteiger charge is -2.14. The van der Waals surface area contributed by atoms with Gasteiger partial charge in [-0.1, -0.05) is 42.5 Å². The Hall–Kier alpha value is -3.57. The normalized spacial score (nSPS) is 12.7. The Balaban J connectivity index is 1.40. The average Bonchev–Trinajstić information content (AvgIpc) is 3.34. The number of aliphatic carboxylic acids is 1. The molecule has 31 heavy (non-hydrogen) atoms. The number of aromatic amines is 1. The average molecular weight is 412 g/mol. The molecule has 0 unspecified atom stereocenters. The standard InChI is InChI=1S/C26H25N3O2/c1-2-29-24-10-6-4-8-20(24)21-13-17(11-12-25(21)29)15-27-23(26(30)31)14-18-16-28-22-9-5-3-7-19(18)22/h3-13,16,23,27-28H,2,14-15H2,1H3,(H,30,31)/t23-/m0/s1. The third kappa shape index (κ3) is 3.47. The molecular weight excluding hydrogens is 386 g/mol. The van der Waals surface area contributed by atoms with Crippen molar-refractivity contribution >= 4 is 38.7 Å². The van der Waals surface area contributed by atoms with Crippen LogP contribution in [-0.2, 0) is 24.3 Å². The van der Waals surface area contributed by atoms with Gasteiger partial charge in [0.1, 0.15) is 6.04 Å². The molecule has 5 heteroatoms. The molecule has 5 nitrogen and oxygen atoms in total. The van der Waals surface area contributed by atoms with Crippen molar-refractivity contribution in [2.75, 3.05) is 0 Å². The maximum atomic E-state index is 11.9. The van der Waals surface area contributed by atoms with Gasteiger partial charge in [-0.3, -0.25) is 4.79 Å². The second-order valence-corrected chi connectivity index (χ2v) is 7.95. The summed E-state index contributed by atoms with van der Waals surface area (Å²) >= 11 is 0. The Kier molecular flexibility index (Phi) is 4.96. The number of benzene rings is 3. The van der Waals surface area contributed by atoms with Crippen LogP contribution in [0, 0.1) is 0 Å². The summed E-state index contributed by atoms with van der Waals surface area (Å²) in [4.78, 5) is 15.2. The number of carboxylic acids is 1. The van der Waals surface area contributed by atoms with Gasteiger partial charge in [0, 0.05) is 58.4 Å². The van der Waals surface area contributed by atoms with Crippen molar-refractivity contribution in [1.29, 1.82) is 0 Å². The summed E-state index contributed by atoms with van der Waals surface area (Å²) in [6.07, 6.45) is 2.34. The number of nitrogens with one attached hydrogen (secondary N) is 2. The maximum Gasteiger partial charge on any atom is 0.321 e. The van der Waals surface area contributed by atoms with E-state index < -0.39 is 12.0 Å². The molecule has 2 heterocycles. The summed E-state index contributed by atoms with van der Waals surface area (Å²) in [6, 6.07) is 22.2.